The number of primary amides is 1. The standard InChI is InChI=1S/C14H24N6O9/c1-5(21)10(13(26)27)18-14(28)17-8(3-9(16)23)12(25)20-19-11(24)7(15)4-29-6(2)22/h5,7-8,10,21H,3-4,15H2,1-2H3,(H2,16,23)(H,19,24)(H,20,25)(H,26,27)(H2,17,18,28)/t5?,7-,8-,10-/m0/s1. The molecular formula is C14H24N6O9. The Labute approximate surface area is 164 Å². The van der Waals surface area contributed by atoms with Crippen molar-refractivity contribution in [3.05, 3.63) is 0 Å². The number of nitrogens with one attached hydrogen (secondary N) is 4. The summed E-state index contributed by atoms with van der Waals surface area (Å²) in [5.41, 5.74) is 14.2. The molecule has 0 heterocycles. The number of nitrogens with two attached hydrogens (primary N) is 2. The average Bonchev–Trinajstić information content (AvgIpc) is 2.60. The highest BCUT2D eigenvalue weighted by Gasteiger charge is 2.28. The van der Waals surface area contributed by atoms with E-state index in [0.29, 0.717) is 0 Å². The van der Waals surface area contributed by atoms with Crippen LogP contribution in [0.4, 0.5) is 4.79 Å². The second-order valence-electron chi connectivity index (χ2n) is 5.78. The second-order valence-corrected chi connectivity index (χ2v) is 5.78. The summed E-state index contributed by atoms with van der Waals surface area (Å²) in [4.78, 5) is 68.4. The minimum absolute atomic E-state index is 0.460. The molecule has 0 aliphatic carbocycles. The van der Waals surface area contributed by atoms with Crippen molar-refractivity contribution < 1.29 is 43.7 Å². The fourth-order valence-corrected chi connectivity index (χ4v) is 1.73. The lowest BCUT2D eigenvalue weighted by molar-refractivity contribution is -0.143. The van der Waals surface area contributed by atoms with Crippen LogP contribution in [-0.2, 0) is 28.7 Å². The quantitative estimate of drug-likeness (QED) is 0.124. The molecule has 0 aromatic carbocycles. The maximum absolute atomic E-state index is 12.1. The number of carbonyl (C=O) groups excluding carboxylic acids is 5. The Morgan fingerprint density at radius 1 is 1.03 bits per heavy atom. The third kappa shape index (κ3) is 10.5. The van der Waals surface area contributed by atoms with Crippen LogP contribution in [0.5, 0.6) is 0 Å². The van der Waals surface area contributed by atoms with Crippen molar-refractivity contribution in [2.45, 2.75) is 44.5 Å². The smallest absolute Gasteiger partial charge is 0.328 e. The lowest BCUT2D eigenvalue weighted by Crippen LogP contribution is -2.59. The highest BCUT2D eigenvalue weighted by molar-refractivity contribution is 5.93. The number of carboxylic acid groups (broad SMARTS) is 1. The van der Waals surface area contributed by atoms with Crippen molar-refractivity contribution >= 4 is 35.7 Å². The molecule has 29 heavy (non-hydrogen) atoms. The number of esters is 1. The van der Waals surface area contributed by atoms with E-state index in [9.17, 15) is 33.9 Å². The number of aliphatic hydroxyl groups excluding tert-OH is 1. The fraction of sp³-hybridized carbons (Fsp3) is 0.571. The molecule has 1 unspecified atom stereocenters. The molecular weight excluding hydrogens is 396 g/mol. The molecule has 0 saturated heterocycles. The average molecular weight is 420 g/mol. The fourth-order valence-electron chi connectivity index (χ4n) is 1.73. The number of aliphatic carboxylic acids is 1. The summed E-state index contributed by atoms with van der Waals surface area (Å²) >= 11 is 0. The Balaban J connectivity index is 4.87. The number of hydrazine groups is 1. The van der Waals surface area contributed by atoms with Crippen LogP contribution in [-0.4, -0.2) is 76.7 Å². The Morgan fingerprint density at radius 2 is 1.59 bits per heavy atom. The molecule has 5 amide bonds. The van der Waals surface area contributed by atoms with E-state index in [1.807, 2.05) is 21.5 Å². The minimum atomic E-state index is -1.69. The van der Waals surface area contributed by atoms with Gasteiger partial charge in [-0.25, -0.2) is 9.59 Å². The number of hydrogen-bond acceptors (Lipinski definition) is 9. The van der Waals surface area contributed by atoms with Gasteiger partial charge in [0, 0.05) is 6.92 Å². The zero-order valence-electron chi connectivity index (χ0n) is 15.6. The Hall–Kier alpha value is -3.46. The van der Waals surface area contributed by atoms with Crippen LogP contribution in [0.25, 0.3) is 0 Å². The van der Waals surface area contributed by atoms with Gasteiger partial charge in [-0.1, -0.05) is 0 Å². The molecule has 0 bridgehead atoms. The van der Waals surface area contributed by atoms with Crippen LogP contribution in [0.3, 0.4) is 0 Å². The van der Waals surface area contributed by atoms with Gasteiger partial charge in [-0.3, -0.25) is 30.0 Å². The van der Waals surface area contributed by atoms with E-state index in [4.69, 9.17) is 16.6 Å². The second kappa shape index (κ2) is 12.1. The van der Waals surface area contributed by atoms with Gasteiger partial charge in [-0.05, 0) is 6.92 Å². The molecule has 0 fully saturated rings. The minimum Gasteiger partial charge on any atom is -0.480 e. The molecule has 4 atom stereocenters. The molecule has 0 saturated carbocycles. The van der Waals surface area contributed by atoms with Gasteiger partial charge in [0.15, 0.2) is 6.04 Å². The molecule has 15 nitrogen and oxygen atoms in total. The number of urea groups is 1. The van der Waals surface area contributed by atoms with Crippen LogP contribution in [0.2, 0.25) is 0 Å². The molecule has 0 aliphatic heterocycles. The van der Waals surface area contributed by atoms with Crippen molar-refractivity contribution in [3.63, 3.8) is 0 Å². The van der Waals surface area contributed by atoms with Gasteiger partial charge in [0.25, 0.3) is 11.8 Å². The summed E-state index contributed by atoms with van der Waals surface area (Å²) in [6.07, 6.45) is -2.15. The summed E-state index contributed by atoms with van der Waals surface area (Å²) < 4.78 is 4.53. The number of carbonyl (C=O) groups is 6. The van der Waals surface area contributed by atoms with Crippen molar-refractivity contribution in [3.8, 4) is 0 Å². The van der Waals surface area contributed by atoms with E-state index in [0.717, 1.165) is 13.8 Å². The number of ether oxygens (including phenoxy) is 1. The molecule has 10 N–H and O–H groups in total. The molecule has 0 aromatic rings. The van der Waals surface area contributed by atoms with E-state index >= 15 is 0 Å². The zero-order chi connectivity index (χ0) is 22.7. The zero-order valence-corrected chi connectivity index (χ0v) is 15.6. The van der Waals surface area contributed by atoms with Crippen molar-refractivity contribution in [2.24, 2.45) is 11.5 Å². The molecule has 0 aliphatic rings. The first-order valence-corrected chi connectivity index (χ1v) is 8.10. The van der Waals surface area contributed by atoms with Crippen LogP contribution in [0.1, 0.15) is 20.3 Å². The van der Waals surface area contributed by atoms with Crippen LogP contribution < -0.4 is 33.0 Å². The summed E-state index contributed by atoms with van der Waals surface area (Å²) in [6.45, 7) is 1.75. The predicted molar refractivity (Wildman–Crippen MR) is 93.3 cm³/mol. The summed E-state index contributed by atoms with van der Waals surface area (Å²) in [5.74, 6) is -5.24. The van der Waals surface area contributed by atoms with E-state index < -0.39 is 72.9 Å². The van der Waals surface area contributed by atoms with Crippen molar-refractivity contribution in [1.82, 2.24) is 21.5 Å². The third-order valence-electron chi connectivity index (χ3n) is 3.17. The van der Waals surface area contributed by atoms with Gasteiger partial charge in [0.2, 0.25) is 5.91 Å². The van der Waals surface area contributed by atoms with Gasteiger partial charge in [0.1, 0.15) is 18.7 Å². The Kier molecular flexibility index (Phi) is 10.6. The lowest BCUT2D eigenvalue weighted by atomic mass is 10.1. The number of rotatable bonds is 10. The molecule has 0 rings (SSSR count). The van der Waals surface area contributed by atoms with Gasteiger partial charge in [-0.15, -0.1) is 0 Å². The Morgan fingerprint density at radius 3 is 2.03 bits per heavy atom. The third-order valence-corrected chi connectivity index (χ3v) is 3.17. The largest absolute Gasteiger partial charge is 0.480 e. The molecule has 0 spiro atoms. The maximum Gasteiger partial charge on any atom is 0.328 e. The van der Waals surface area contributed by atoms with Crippen molar-refractivity contribution in [2.75, 3.05) is 6.61 Å². The van der Waals surface area contributed by atoms with Gasteiger partial charge in [0.05, 0.1) is 12.5 Å². The molecule has 15 heteroatoms. The number of hydrogen-bond donors (Lipinski definition) is 8. The lowest BCUT2D eigenvalue weighted by Gasteiger charge is -2.21. The molecule has 0 aromatic heterocycles. The first-order valence-electron chi connectivity index (χ1n) is 8.10. The normalized spacial score (nSPS) is 14.3. The van der Waals surface area contributed by atoms with Crippen LogP contribution in [0, 0.1) is 0 Å². The highest BCUT2D eigenvalue weighted by atomic mass is 16.5. The summed E-state index contributed by atoms with van der Waals surface area (Å²) in [6, 6.07) is -5.79. The maximum atomic E-state index is 12.1. The molecule has 0 radical (unpaired) electrons. The predicted octanol–water partition coefficient (Wildman–Crippen LogP) is -4.60. The van der Waals surface area contributed by atoms with E-state index in [1.165, 1.54) is 0 Å². The summed E-state index contributed by atoms with van der Waals surface area (Å²) in [5, 5.41) is 22.1. The number of amides is 5. The van der Waals surface area contributed by atoms with Crippen LogP contribution >= 0.6 is 0 Å². The number of aliphatic hydroxyl groups is 1. The van der Waals surface area contributed by atoms with E-state index in [-0.39, 0.29) is 0 Å². The number of carboxylic acids is 1. The SMILES string of the molecule is CC(=O)OC[C@H](N)C(=O)NNC(=O)[C@H](CC(N)=O)NC(=O)N[C@H](C(=O)O)C(C)O. The molecule has 164 valence electrons. The van der Waals surface area contributed by atoms with Crippen molar-refractivity contribution in [1.29, 1.82) is 0 Å². The van der Waals surface area contributed by atoms with E-state index in [1.54, 1.807) is 0 Å². The summed E-state index contributed by atoms with van der Waals surface area (Å²) in [7, 11) is 0. The van der Waals surface area contributed by atoms with E-state index in [2.05, 4.69) is 4.74 Å². The monoisotopic (exact) mass is 420 g/mol. The van der Waals surface area contributed by atoms with Gasteiger partial charge < -0.3 is 37.1 Å². The topological polar surface area (TPSA) is 252 Å². The highest BCUT2D eigenvalue weighted by Crippen LogP contribution is 1.96. The van der Waals surface area contributed by atoms with Gasteiger partial charge in [-0.2, -0.15) is 0 Å². The van der Waals surface area contributed by atoms with Crippen LogP contribution in [0.15, 0.2) is 0 Å². The first-order chi connectivity index (χ1) is 13.3. The Bertz CT molecular complexity index is 653. The first kappa shape index (κ1) is 25.5. The van der Waals surface area contributed by atoms with Gasteiger partial charge >= 0.3 is 18.0 Å².